The van der Waals surface area contributed by atoms with E-state index in [9.17, 15) is 0 Å². The van der Waals surface area contributed by atoms with Crippen molar-refractivity contribution in [1.29, 1.82) is 0 Å². The molecule has 2 unspecified atom stereocenters. The molecule has 0 aromatic rings. The number of fused-ring (bicyclic) bond motifs is 1. The zero-order valence-electron chi connectivity index (χ0n) is 5.35. The predicted molar refractivity (Wildman–Crippen MR) is 32.4 cm³/mol. The van der Waals surface area contributed by atoms with Gasteiger partial charge in [-0.25, -0.2) is 0 Å². The van der Waals surface area contributed by atoms with E-state index in [-0.39, 0.29) is 0 Å². The van der Waals surface area contributed by atoms with Crippen molar-refractivity contribution in [3.05, 3.63) is 0 Å². The Kier molecular flexibility index (Phi) is 0.381. The van der Waals surface area contributed by atoms with Crippen molar-refractivity contribution in [2.45, 2.75) is 26.2 Å². The van der Waals surface area contributed by atoms with Gasteiger partial charge in [-0.3, -0.25) is 0 Å². The van der Waals surface area contributed by atoms with Crippen LogP contribution in [0.2, 0.25) is 0 Å². The second-order valence-electron chi connectivity index (χ2n) is 4.16. The summed E-state index contributed by atoms with van der Waals surface area (Å²) >= 11 is 0. The van der Waals surface area contributed by atoms with Crippen molar-refractivity contribution in [2.75, 3.05) is 0 Å². The first-order valence-electron chi connectivity index (χ1n) is 3.83. The van der Waals surface area contributed by atoms with Crippen molar-refractivity contribution in [3.63, 3.8) is 0 Å². The second-order valence-corrected chi connectivity index (χ2v) is 4.16. The van der Waals surface area contributed by atoms with E-state index in [1.54, 1.807) is 19.3 Å². The minimum absolute atomic E-state index is 0.999. The van der Waals surface area contributed by atoms with Crippen LogP contribution in [0, 0.1) is 23.2 Å². The van der Waals surface area contributed by atoms with E-state index in [1.807, 2.05) is 0 Å². The van der Waals surface area contributed by atoms with Gasteiger partial charge >= 0.3 is 0 Å². The Morgan fingerprint density at radius 2 is 1.88 bits per heavy atom. The van der Waals surface area contributed by atoms with Gasteiger partial charge < -0.3 is 0 Å². The van der Waals surface area contributed by atoms with Crippen LogP contribution in [0.4, 0.5) is 0 Å². The van der Waals surface area contributed by atoms with E-state index in [2.05, 4.69) is 6.92 Å². The molecule has 0 heteroatoms. The van der Waals surface area contributed by atoms with E-state index < -0.39 is 0 Å². The molecule has 3 saturated carbocycles. The third-order valence-corrected chi connectivity index (χ3v) is 3.59. The van der Waals surface area contributed by atoms with Crippen molar-refractivity contribution in [1.82, 2.24) is 0 Å². The largest absolute Gasteiger partial charge is 0.0622 e. The second kappa shape index (κ2) is 0.778. The molecule has 2 atom stereocenters. The molecule has 3 rings (SSSR count). The lowest BCUT2D eigenvalue weighted by molar-refractivity contribution is 0.530. The van der Waals surface area contributed by atoms with Gasteiger partial charge in [0.1, 0.15) is 0 Å². The standard InChI is InChI=1S/C8H12/c1-5-2-7(5)8-3-6(8)4-8/h5-7H,2-4H2,1H3. The summed E-state index contributed by atoms with van der Waals surface area (Å²) < 4.78 is 0. The van der Waals surface area contributed by atoms with Crippen LogP contribution < -0.4 is 0 Å². The molecule has 0 bridgehead atoms. The molecule has 0 amide bonds. The fourth-order valence-corrected chi connectivity index (χ4v) is 2.47. The molecule has 3 aliphatic carbocycles. The quantitative estimate of drug-likeness (QED) is 0.482. The number of rotatable bonds is 1. The summed E-state index contributed by atoms with van der Waals surface area (Å²) in [7, 11) is 0. The van der Waals surface area contributed by atoms with Crippen LogP contribution in [0.3, 0.4) is 0 Å². The molecule has 0 N–H and O–H groups in total. The van der Waals surface area contributed by atoms with Gasteiger partial charge in [0.15, 0.2) is 0 Å². The lowest BCUT2D eigenvalue weighted by atomic mass is 10.1. The van der Waals surface area contributed by atoms with Crippen molar-refractivity contribution < 1.29 is 0 Å². The van der Waals surface area contributed by atoms with Gasteiger partial charge in [-0.15, -0.1) is 0 Å². The molecular weight excluding hydrogens is 96.1 g/mol. The van der Waals surface area contributed by atoms with Gasteiger partial charge in [0.05, 0.1) is 0 Å². The highest BCUT2D eigenvalue weighted by molar-refractivity contribution is 5.25. The lowest BCUT2D eigenvalue weighted by Crippen LogP contribution is -1.89. The minimum atomic E-state index is 0.999. The molecule has 3 aliphatic rings. The summed E-state index contributed by atoms with van der Waals surface area (Å²) in [5, 5.41) is 0. The molecule has 0 aromatic carbocycles. The zero-order chi connectivity index (χ0) is 5.35. The third-order valence-electron chi connectivity index (χ3n) is 3.59. The first-order chi connectivity index (χ1) is 3.83. The Morgan fingerprint density at radius 3 is 2.00 bits per heavy atom. The maximum Gasteiger partial charge on any atom is -0.0232 e. The summed E-state index contributed by atoms with van der Waals surface area (Å²) in [4.78, 5) is 0. The molecule has 0 nitrogen and oxygen atoms in total. The molecular formula is C8H12. The number of hydrogen-bond donors (Lipinski definition) is 0. The van der Waals surface area contributed by atoms with Gasteiger partial charge in [0.2, 0.25) is 0 Å². The molecule has 8 heavy (non-hydrogen) atoms. The summed E-state index contributed by atoms with van der Waals surface area (Å²) in [5.74, 6) is 3.55. The Balaban J connectivity index is 1.84. The summed E-state index contributed by atoms with van der Waals surface area (Å²) in [6.45, 7) is 2.41. The topological polar surface area (TPSA) is 0 Å². The van der Waals surface area contributed by atoms with Crippen LogP contribution in [0.15, 0.2) is 0 Å². The highest BCUT2D eigenvalue weighted by Gasteiger charge is 2.76. The van der Waals surface area contributed by atoms with E-state index in [0.717, 1.165) is 11.3 Å². The van der Waals surface area contributed by atoms with Crippen LogP contribution in [-0.4, -0.2) is 0 Å². The number of hydrogen-bond acceptors (Lipinski definition) is 0. The van der Waals surface area contributed by atoms with E-state index >= 15 is 0 Å². The van der Waals surface area contributed by atoms with Gasteiger partial charge in [0, 0.05) is 0 Å². The molecule has 0 heterocycles. The third kappa shape index (κ3) is 0.260. The van der Waals surface area contributed by atoms with Gasteiger partial charge in [0.25, 0.3) is 0 Å². The van der Waals surface area contributed by atoms with Gasteiger partial charge in [-0.1, -0.05) is 6.92 Å². The fraction of sp³-hybridized carbons (Fsp3) is 1.00. The van der Waals surface area contributed by atoms with E-state index in [4.69, 9.17) is 0 Å². The van der Waals surface area contributed by atoms with E-state index in [1.165, 1.54) is 11.8 Å². The smallest absolute Gasteiger partial charge is 0.0232 e. The zero-order valence-corrected chi connectivity index (χ0v) is 5.35. The van der Waals surface area contributed by atoms with Crippen LogP contribution in [0.5, 0.6) is 0 Å². The summed E-state index contributed by atoms with van der Waals surface area (Å²) in [5.41, 5.74) is 0.999. The Hall–Kier alpha value is 0. The maximum absolute atomic E-state index is 2.41. The molecule has 0 radical (unpaired) electrons. The molecule has 0 spiro atoms. The molecule has 0 aliphatic heterocycles. The van der Waals surface area contributed by atoms with Crippen LogP contribution >= 0.6 is 0 Å². The molecule has 0 saturated heterocycles. The maximum atomic E-state index is 2.41. The summed E-state index contributed by atoms with van der Waals surface area (Å²) in [6, 6.07) is 0. The fourth-order valence-electron chi connectivity index (χ4n) is 2.47. The average molecular weight is 108 g/mol. The molecule has 3 fully saturated rings. The predicted octanol–water partition coefficient (Wildman–Crippen LogP) is 2.05. The van der Waals surface area contributed by atoms with Crippen LogP contribution in [0.25, 0.3) is 0 Å². The SMILES string of the molecule is CC1CC1C12CC1C2. The highest BCUT2D eigenvalue weighted by atomic mass is 14.8. The molecule has 44 valence electrons. The monoisotopic (exact) mass is 108 g/mol. The highest BCUT2D eigenvalue weighted by Crippen LogP contribution is 2.84. The minimum Gasteiger partial charge on any atom is -0.0622 e. The van der Waals surface area contributed by atoms with Crippen LogP contribution in [0.1, 0.15) is 26.2 Å². The first kappa shape index (κ1) is 3.92. The normalized spacial score (nSPS) is 73.9. The van der Waals surface area contributed by atoms with Gasteiger partial charge in [-0.05, 0) is 42.4 Å². The summed E-state index contributed by atoms with van der Waals surface area (Å²) in [6.07, 6.45) is 4.79. The van der Waals surface area contributed by atoms with Crippen molar-refractivity contribution >= 4 is 0 Å². The molecule has 0 aromatic heterocycles. The van der Waals surface area contributed by atoms with E-state index in [0.29, 0.717) is 0 Å². The Morgan fingerprint density at radius 1 is 1.38 bits per heavy atom. The van der Waals surface area contributed by atoms with Crippen LogP contribution in [-0.2, 0) is 0 Å². The Labute approximate surface area is 50.3 Å². The first-order valence-corrected chi connectivity index (χ1v) is 3.83. The van der Waals surface area contributed by atoms with Crippen molar-refractivity contribution in [3.8, 4) is 0 Å². The lowest BCUT2D eigenvalue weighted by Gasteiger charge is -1.95. The Bertz CT molecular complexity index is 142. The van der Waals surface area contributed by atoms with Crippen molar-refractivity contribution in [2.24, 2.45) is 23.2 Å². The average Bonchev–Trinajstić information content (AvgIpc) is 2.15. The van der Waals surface area contributed by atoms with Gasteiger partial charge in [-0.2, -0.15) is 0 Å².